The molecule has 1 aromatic heterocycles. The predicted octanol–water partition coefficient (Wildman–Crippen LogP) is 1.22. The molecule has 2 fully saturated rings. The van der Waals surface area contributed by atoms with Crippen LogP contribution in [0.1, 0.15) is 24.0 Å². The van der Waals surface area contributed by atoms with Crippen LogP contribution in [-0.4, -0.2) is 30.3 Å². The number of ether oxygens (including phenoxy) is 1. The molecule has 0 amide bonds. The van der Waals surface area contributed by atoms with Gasteiger partial charge in [-0.15, -0.1) is 0 Å². The Morgan fingerprint density at radius 1 is 1.41 bits per heavy atom. The van der Waals surface area contributed by atoms with Crippen LogP contribution in [0.2, 0.25) is 0 Å². The summed E-state index contributed by atoms with van der Waals surface area (Å²) in [7, 11) is 0. The van der Waals surface area contributed by atoms with Gasteiger partial charge in [0.25, 0.3) is 0 Å². The highest BCUT2D eigenvalue weighted by atomic mass is 16.5. The number of nitrogens with zero attached hydrogens (tertiary/aromatic N) is 2. The summed E-state index contributed by atoms with van der Waals surface area (Å²) in [5.74, 6) is 1.06. The fourth-order valence-electron chi connectivity index (χ4n) is 2.89. The Kier molecular flexibility index (Phi) is 2.76. The quantitative estimate of drug-likeness (QED) is 0.834. The largest absolute Gasteiger partial charge is 0.371 e. The average Bonchev–Trinajstić information content (AvgIpc) is 2.68. The second-order valence-corrected chi connectivity index (χ2v) is 5.00. The molecule has 0 spiro atoms. The molecule has 1 aromatic rings. The lowest BCUT2D eigenvalue weighted by molar-refractivity contribution is 0.0301. The molecule has 17 heavy (non-hydrogen) atoms. The molecule has 0 aliphatic carbocycles. The molecule has 2 unspecified atom stereocenters. The lowest BCUT2D eigenvalue weighted by Gasteiger charge is -2.34. The summed E-state index contributed by atoms with van der Waals surface area (Å²) in [5, 5.41) is 0. The van der Waals surface area contributed by atoms with Gasteiger partial charge in [0.15, 0.2) is 0 Å². The number of nitrogens with two attached hydrogens (primary N) is 1. The summed E-state index contributed by atoms with van der Waals surface area (Å²) in [5.41, 5.74) is 8.25. The predicted molar refractivity (Wildman–Crippen MR) is 67.0 cm³/mol. The zero-order valence-corrected chi connectivity index (χ0v) is 10.2. The van der Waals surface area contributed by atoms with Crippen molar-refractivity contribution in [2.45, 2.75) is 38.5 Å². The van der Waals surface area contributed by atoms with Crippen LogP contribution < -0.4 is 10.6 Å². The van der Waals surface area contributed by atoms with Gasteiger partial charge in [0, 0.05) is 31.4 Å². The van der Waals surface area contributed by atoms with E-state index in [0.29, 0.717) is 18.8 Å². The van der Waals surface area contributed by atoms with Crippen molar-refractivity contribution >= 4 is 5.82 Å². The molecule has 2 atom stereocenters. The number of anilines is 1. The minimum atomic E-state index is 0.390. The van der Waals surface area contributed by atoms with Gasteiger partial charge in [-0.05, 0) is 31.4 Å². The second-order valence-electron chi connectivity index (χ2n) is 5.00. The van der Waals surface area contributed by atoms with E-state index in [4.69, 9.17) is 10.5 Å². The number of aromatic nitrogens is 1. The highest BCUT2D eigenvalue weighted by molar-refractivity contribution is 5.51. The minimum Gasteiger partial charge on any atom is -0.371 e. The normalized spacial score (nSPS) is 27.5. The van der Waals surface area contributed by atoms with Gasteiger partial charge < -0.3 is 15.4 Å². The fraction of sp³-hybridized carbons (Fsp3) is 0.615. The summed E-state index contributed by atoms with van der Waals surface area (Å²) in [6, 6.07) is 2.03. The maximum Gasteiger partial charge on any atom is 0.133 e. The number of hydrogen-bond donors (Lipinski definition) is 1. The van der Waals surface area contributed by atoms with Gasteiger partial charge in [0.1, 0.15) is 5.82 Å². The first-order valence-electron chi connectivity index (χ1n) is 6.33. The third kappa shape index (κ3) is 1.91. The number of fused-ring (bicyclic) bond motifs is 2. The Morgan fingerprint density at radius 3 is 2.76 bits per heavy atom. The summed E-state index contributed by atoms with van der Waals surface area (Å²) >= 11 is 0. The topological polar surface area (TPSA) is 51.4 Å². The van der Waals surface area contributed by atoms with Crippen LogP contribution in [0.5, 0.6) is 0 Å². The van der Waals surface area contributed by atoms with Gasteiger partial charge in [-0.25, -0.2) is 4.98 Å². The van der Waals surface area contributed by atoms with Crippen LogP contribution in [-0.2, 0) is 11.3 Å². The number of hydrogen-bond acceptors (Lipinski definition) is 4. The maximum absolute atomic E-state index is 5.85. The third-order valence-corrected chi connectivity index (χ3v) is 3.81. The van der Waals surface area contributed by atoms with E-state index in [9.17, 15) is 0 Å². The van der Waals surface area contributed by atoms with Gasteiger partial charge in [0.05, 0.1) is 12.2 Å². The van der Waals surface area contributed by atoms with E-state index in [2.05, 4.69) is 16.8 Å². The van der Waals surface area contributed by atoms with Crippen molar-refractivity contribution < 1.29 is 4.74 Å². The standard InChI is InChI=1S/C13H19N3O/c1-9-4-5-15-13(12(9)6-14)16-7-10-2-3-11(8-16)17-10/h4-5,10-11H,2-3,6-8,14H2,1H3. The van der Waals surface area contributed by atoms with E-state index in [1.807, 2.05) is 12.3 Å². The molecular formula is C13H19N3O. The molecule has 0 radical (unpaired) electrons. The van der Waals surface area contributed by atoms with Crippen molar-refractivity contribution in [3.63, 3.8) is 0 Å². The summed E-state index contributed by atoms with van der Waals surface area (Å²) < 4.78 is 5.85. The van der Waals surface area contributed by atoms with E-state index in [1.165, 1.54) is 24.0 Å². The lowest BCUT2D eigenvalue weighted by Crippen LogP contribution is -2.43. The summed E-state index contributed by atoms with van der Waals surface area (Å²) in [6.45, 7) is 4.57. The Hall–Kier alpha value is -1.13. The summed E-state index contributed by atoms with van der Waals surface area (Å²) in [4.78, 5) is 6.87. The van der Waals surface area contributed by atoms with Crippen molar-refractivity contribution in [3.8, 4) is 0 Å². The van der Waals surface area contributed by atoms with Gasteiger partial charge in [-0.3, -0.25) is 0 Å². The molecule has 2 aliphatic heterocycles. The Morgan fingerprint density at radius 2 is 2.12 bits per heavy atom. The molecule has 2 aliphatic rings. The fourth-order valence-corrected chi connectivity index (χ4v) is 2.89. The Balaban J connectivity index is 1.91. The lowest BCUT2D eigenvalue weighted by atomic mass is 10.1. The molecular weight excluding hydrogens is 214 g/mol. The first-order chi connectivity index (χ1) is 8.28. The molecule has 2 N–H and O–H groups in total. The average molecular weight is 233 g/mol. The molecule has 2 saturated heterocycles. The van der Waals surface area contributed by atoms with Crippen molar-refractivity contribution in [3.05, 3.63) is 23.4 Å². The van der Waals surface area contributed by atoms with Crippen LogP contribution >= 0.6 is 0 Å². The second kappa shape index (κ2) is 4.27. The zero-order valence-electron chi connectivity index (χ0n) is 10.2. The van der Waals surface area contributed by atoms with E-state index in [-0.39, 0.29) is 0 Å². The molecule has 92 valence electrons. The van der Waals surface area contributed by atoms with Crippen molar-refractivity contribution in [2.75, 3.05) is 18.0 Å². The van der Waals surface area contributed by atoms with Crippen LogP contribution in [0.4, 0.5) is 5.82 Å². The molecule has 3 rings (SSSR count). The monoisotopic (exact) mass is 233 g/mol. The Labute approximate surface area is 102 Å². The first kappa shape index (κ1) is 11.0. The maximum atomic E-state index is 5.85. The van der Waals surface area contributed by atoms with Crippen LogP contribution in [0.25, 0.3) is 0 Å². The van der Waals surface area contributed by atoms with Crippen LogP contribution in [0.15, 0.2) is 12.3 Å². The molecule has 0 saturated carbocycles. The third-order valence-electron chi connectivity index (χ3n) is 3.81. The van der Waals surface area contributed by atoms with Gasteiger partial charge in [-0.1, -0.05) is 0 Å². The van der Waals surface area contributed by atoms with E-state index in [0.717, 1.165) is 18.9 Å². The molecule has 4 nitrogen and oxygen atoms in total. The van der Waals surface area contributed by atoms with E-state index in [1.54, 1.807) is 0 Å². The van der Waals surface area contributed by atoms with Crippen LogP contribution in [0, 0.1) is 6.92 Å². The highest BCUT2D eigenvalue weighted by Gasteiger charge is 2.34. The molecule has 0 aromatic carbocycles. The molecule has 4 heteroatoms. The number of morpholine rings is 1. The zero-order chi connectivity index (χ0) is 11.8. The minimum absolute atomic E-state index is 0.390. The number of rotatable bonds is 2. The number of aryl methyl sites for hydroxylation is 1. The highest BCUT2D eigenvalue weighted by Crippen LogP contribution is 2.30. The van der Waals surface area contributed by atoms with E-state index < -0.39 is 0 Å². The summed E-state index contributed by atoms with van der Waals surface area (Å²) in [6.07, 6.45) is 5.03. The van der Waals surface area contributed by atoms with Crippen molar-refractivity contribution in [2.24, 2.45) is 5.73 Å². The van der Waals surface area contributed by atoms with Crippen LogP contribution in [0.3, 0.4) is 0 Å². The van der Waals surface area contributed by atoms with Gasteiger partial charge in [-0.2, -0.15) is 0 Å². The van der Waals surface area contributed by atoms with Crippen molar-refractivity contribution in [1.82, 2.24) is 4.98 Å². The van der Waals surface area contributed by atoms with Crippen molar-refractivity contribution in [1.29, 1.82) is 0 Å². The van der Waals surface area contributed by atoms with E-state index >= 15 is 0 Å². The molecule has 3 heterocycles. The molecule has 2 bridgehead atoms. The van der Waals surface area contributed by atoms with Gasteiger partial charge >= 0.3 is 0 Å². The Bertz CT molecular complexity index is 409. The number of pyridine rings is 1. The first-order valence-corrected chi connectivity index (χ1v) is 6.33. The smallest absolute Gasteiger partial charge is 0.133 e. The van der Waals surface area contributed by atoms with Gasteiger partial charge in [0.2, 0.25) is 0 Å². The SMILES string of the molecule is Cc1ccnc(N2CC3CCC(C2)O3)c1CN.